The molecular weight excluding hydrogens is 753 g/mol. The first-order valence-corrected chi connectivity index (χ1v) is 22.0. The van der Waals surface area contributed by atoms with Crippen molar-refractivity contribution in [3.63, 3.8) is 0 Å². The number of benzene rings is 9. The van der Waals surface area contributed by atoms with E-state index in [2.05, 4.69) is 207 Å². The van der Waals surface area contributed by atoms with Crippen molar-refractivity contribution >= 4 is 86.8 Å². The molecule has 4 nitrogen and oxygen atoms in total. The summed E-state index contributed by atoms with van der Waals surface area (Å²) in [4.78, 5) is 11.3. The van der Waals surface area contributed by atoms with Crippen LogP contribution in [0.1, 0.15) is 51.7 Å². The highest BCUT2D eigenvalue weighted by atomic mass is 15.2. The van der Waals surface area contributed by atoms with Gasteiger partial charge in [-0.25, -0.2) is 9.97 Å². The van der Waals surface area contributed by atoms with Gasteiger partial charge in [0, 0.05) is 49.0 Å². The van der Waals surface area contributed by atoms with Crippen LogP contribution in [0.5, 0.6) is 0 Å². The zero-order valence-electron chi connectivity index (χ0n) is 35.4. The molecule has 0 fully saturated rings. The summed E-state index contributed by atoms with van der Waals surface area (Å²) in [6.07, 6.45) is 2.33. The number of aromatic nitrogens is 4. The van der Waals surface area contributed by atoms with Gasteiger partial charge in [-0.15, -0.1) is 0 Å². The van der Waals surface area contributed by atoms with Crippen LogP contribution < -0.4 is 0 Å². The molecule has 62 heavy (non-hydrogen) atoms. The standard InChI is InChI=1S/C58H44N4/c1-57(2)30-31-58(3,4)48-34-50-46(33-47(48)57)43-28-29-49-51(55(43)61(50)40-18-6-5-7-19-40)44-26-24-37-16-11-13-21-42(37)54(44)62(49)56-59-52(39-23-22-35-14-8-9-17-38(35)32-39)45-27-25-36-15-10-12-20-41(36)53(45)60-56/h5-29,32-34H,30-31H2,1-4H3. The van der Waals surface area contributed by atoms with Crippen LogP contribution in [-0.4, -0.2) is 19.1 Å². The highest BCUT2D eigenvalue weighted by molar-refractivity contribution is 6.29. The molecule has 1 aliphatic rings. The molecule has 0 N–H and O–H groups in total. The summed E-state index contributed by atoms with van der Waals surface area (Å²) in [5.41, 5.74) is 11.8. The Balaban J connectivity index is 1.22. The summed E-state index contributed by atoms with van der Waals surface area (Å²) in [6, 6.07) is 62.4. The smallest absolute Gasteiger partial charge is 0.235 e. The molecule has 296 valence electrons. The first-order chi connectivity index (χ1) is 30.2. The van der Waals surface area contributed by atoms with Crippen molar-refractivity contribution in [3.8, 4) is 22.9 Å². The minimum absolute atomic E-state index is 0.0711. The fourth-order valence-electron chi connectivity index (χ4n) is 11.0. The zero-order chi connectivity index (χ0) is 41.5. The molecule has 13 rings (SSSR count). The molecule has 0 amide bonds. The molecule has 0 spiro atoms. The molecule has 3 heterocycles. The highest BCUT2D eigenvalue weighted by Gasteiger charge is 2.38. The lowest BCUT2D eigenvalue weighted by Crippen LogP contribution is -2.33. The lowest BCUT2D eigenvalue weighted by atomic mass is 9.63. The number of rotatable bonds is 3. The van der Waals surface area contributed by atoms with Crippen molar-refractivity contribution in [1.82, 2.24) is 19.1 Å². The maximum atomic E-state index is 5.67. The largest absolute Gasteiger partial charge is 0.309 e. The van der Waals surface area contributed by atoms with E-state index in [0.29, 0.717) is 5.95 Å². The molecule has 3 aromatic heterocycles. The predicted octanol–water partition coefficient (Wildman–Crippen LogP) is 15.3. The number of hydrogen-bond acceptors (Lipinski definition) is 2. The molecule has 1 aliphatic carbocycles. The van der Waals surface area contributed by atoms with Crippen LogP contribution >= 0.6 is 0 Å². The van der Waals surface area contributed by atoms with Gasteiger partial charge in [-0.1, -0.05) is 155 Å². The Morgan fingerprint density at radius 2 is 1.03 bits per heavy atom. The highest BCUT2D eigenvalue weighted by Crippen LogP contribution is 2.50. The van der Waals surface area contributed by atoms with Gasteiger partial charge >= 0.3 is 0 Å². The van der Waals surface area contributed by atoms with E-state index in [0.717, 1.165) is 56.1 Å². The summed E-state index contributed by atoms with van der Waals surface area (Å²) in [5, 5.41) is 13.0. The molecule has 0 atom stereocenters. The van der Waals surface area contributed by atoms with Crippen LogP contribution in [-0.2, 0) is 10.8 Å². The van der Waals surface area contributed by atoms with Crippen LogP contribution in [0.4, 0.5) is 0 Å². The van der Waals surface area contributed by atoms with Crippen LogP contribution in [0.25, 0.3) is 110 Å². The monoisotopic (exact) mass is 796 g/mol. The second-order valence-corrected chi connectivity index (χ2v) is 18.8. The molecule has 0 saturated carbocycles. The van der Waals surface area contributed by atoms with Crippen LogP contribution in [0, 0.1) is 0 Å². The summed E-state index contributed by atoms with van der Waals surface area (Å²) in [6.45, 7) is 9.72. The minimum atomic E-state index is 0.0711. The van der Waals surface area contributed by atoms with Crippen molar-refractivity contribution in [2.45, 2.75) is 51.4 Å². The van der Waals surface area contributed by atoms with Crippen LogP contribution in [0.15, 0.2) is 170 Å². The second-order valence-electron chi connectivity index (χ2n) is 18.8. The summed E-state index contributed by atoms with van der Waals surface area (Å²) < 4.78 is 4.90. The molecule has 0 unspecified atom stereocenters. The quantitative estimate of drug-likeness (QED) is 0.167. The Morgan fingerprint density at radius 1 is 0.419 bits per heavy atom. The van der Waals surface area contributed by atoms with E-state index in [1.54, 1.807) is 0 Å². The van der Waals surface area contributed by atoms with E-state index >= 15 is 0 Å². The number of hydrogen-bond donors (Lipinski definition) is 0. The van der Waals surface area contributed by atoms with Crippen molar-refractivity contribution in [2.75, 3.05) is 0 Å². The van der Waals surface area contributed by atoms with E-state index in [1.807, 2.05) is 0 Å². The van der Waals surface area contributed by atoms with E-state index in [9.17, 15) is 0 Å². The molecule has 0 radical (unpaired) electrons. The van der Waals surface area contributed by atoms with Crippen molar-refractivity contribution in [3.05, 3.63) is 181 Å². The first-order valence-electron chi connectivity index (χ1n) is 22.0. The van der Waals surface area contributed by atoms with Gasteiger partial charge in [-0.2, -0.15) is 0 Å². The Kier molecular flexibility index (Phi) is 7.22. The fourth-order valence-corrected chi connectivity index (χ4v) is 11.0. The minimum Gasteiger partial charge on any atom is -0.309 e. The van der Waals surface area contributed by atoms with E-state index < -0.39 is 0 Å². The van der Waals surface area contributed by atoms with Crippen LogP contribution in [0.2, 0.25) is 0 Å². The van der Waals surface area contributed by atoms with Gasteiger partial charge in [0.15, 0.2) is 0 Å². The Bertz CT molecular complexity index is 3860. The normalized spacial score (nSPS) is 14.9. The van der Waals surface area contributed by atoms with Gasteiger partial charge < -0.3 is 4.57 Å². The lowest BCUT2D eigenvalue weighted by molar-refractivity contribution is 0.332. The fraction of sp³-hybridized carbons (Fsp3) is 0.138. The molecule has 4 heteroatoms. The Morgan fingerprint density at radius 3 is 1.81 bits per heavy atom. The molecular formula is C58H44N4. The van der Waals surface area contributed by atoms with Crippen molar-refractivity contribution in [2.24, 2.45) is 0 Å². The topological polar surface area (TPSA) is 35.6 Å². The zero-order valence-corrected chi connectivity index (χ0v) is 35.4. The number of fused-ring (bicyclic) bond motifs is 14. The summed E-state index contributed by atoms with van der Waals surface area (Å²) in [7, 11) is 0. The predicted molar refractivity (Wildman–Crippen MR) is 261 cm³/mol. The maximum absolute atomic E-state index is 5.67. The number of para-hydroxylation sites is 1. The van der Waals surface area contributed by atoms with E-state index in [4.69, 9.17) is 9.97 Å². The third-order valence-corrected chi connectivity index (χ3v) is 14.3. The van der Waals surface area contributed by atoms with Gasteiger partial charge in [0.1, 0.15) is 0 Å². The van der Waals surface area contributed by atoms with Gasteiger partial charge in [0.05, 0.1) is 33.3 Å². The molecule has 9 aromatic carbocycles. The molecule has 0 bridgehead atoms. The van der Waals surface area contributed by atoms with Gasteiger partial charge in [0.2, 0.25) is 5.95 Å². The number of nitrogens with zero attached hydrogens (tertiary/aromatic N) is 4. The van der Waals surface area contributed by atoms with E-state index in [1.165, 1.54) is 71.7 Å². The Labute approximate surface area is 359 Å². The van der Waals surface area contributed by atoms with Crippen LogP contribution in [0.3, 0.4) is 0 Å². The van der Waals surface area contributed by atoms with Crippen molar-refractivity contribution < 1.29 is 0 Å². The van der Waals surface area contributed by atoms with E-state index in [-0.39, 0.29) is 10.8 Å². The maximum Gasteiger partial charge on any atom is 0.235 e. The Hall–Kier alpha value is -7.30. The van der Waals surface area contributed by atoms with Crippen molar-refractivity contribution in [1.29, 1.82) is 0 Å². The van der Waals surface area contributed by atoms with Gasteiger partial charge in [-0.05, 0) is 98.8 Å². The second kappa shape index (κ2) is 12.6. The van der Waals surface area contributed by atoms with Gasteiger partial charge in [0.25, 0.3) is 0 Å². The summed E-state index contributed by atoms with van der Waals surface area (Å²) in [5.74, 6) is 0.661. The van der Waals surface area contributed by atoms with Gasteiger partial charge in [-0.3, -0.25) is 4.57 Å². The first kappa shape index (κ1) is 35.5. The lowest BCUT2D eigenvalue weighted by Gasteiger charge is -2.42. The molecule has 0 aliphatic heterocycles. The SMILES string of the molecule is CC1(C)CCC(C)(C)c2cc3c(cc21)c1ccc2c(c4ccc5ccccc5c4n2-c2nc(-c4ccc5ccccc5c4)c4ccc5ccccc5c4n2)c1n3-c1ccccc1. The average Bonchev–Trinajstić information content (AvgIpc) is 3.83. The third kappa shape index (κ3) is 4.95. The third-order valence-electron chi connectivity index (χ3n) is 14.3. The average molecular weight is 797 g/mol. The molecule has 12 aromatic rings. The summed E-state index contributed by atoms with van der Waals surface area (Å²) >= 11 is 0. The molecule has 0 saturated heterocycles.